The van der Waals surface area contributed by atoms with Crippen molar-refractivity contribution in [3.8, 4) is 0 Å². The molecule has 1 nitrogen and oxygen atoms in total. The largest absolute Gasteiger partial charge is 0.835 e. The van der Waals surface area contributed by atoms with Crippen molar-refractivity contribution < 1.29 is 4.89 Å². The number of benzene rings is 2. The smallest absolute Gasteiger partial charge is 0.0131 e. The van der Waals surface area contributed by atoms with Gasteiger partial charge in [-0.25, -0.2) is 8.15 Å². The van der Waals surface area contributed by atoms with Gasteiger partial charge in [0, 0.05) is 0 Å². The van der Waals surface area contributed by atoms with Gasteiger partial charge in [0.1, 0.15) is 0 Å². The molecule has 1 unspecified atom stereocenters. The van der Waals surface area contributed by atoms with Crippen LogP contribution in [0.4, 0.5) is 0 Å². The van der Waals surface area contributed by atoms with Gasteiger partial charge in [-0.2, -0.15) is 17.0 Å². The van der Waals surface area contributed by atoms with E-state index in [1.54, 1.807) is 0 Å². The van der Waals surface area contributed by atoms with Crippen LogP contribution in [-0.2, 0) is 0 Å². The maximum absolute atomic E-state index is 13.1. The molecule has 134 valence electrons. The predicted molar refractivity (Wildman–Crippen MR) is 114 cm³/mol. The van der Waals surface area contributed by atoms with Crippen molar-refractivity contribution in [1.29, 1.82) is 0 Å². The average Bonchev–Trinajstić information content (AvgIpc) is 3.12. The molecule has 0 radical (unpaired) electrons. The van der Waals surface area contributed by atoms with E-state index in [1.165, 1.54) is 10.6 Å². The molecule has 2 atom stereocenters. The van der Waals surface area contributed by atoms with Gasteiger partial charge < -0.3 is 4.89 Å². The van der Waals surface area contributed by atoms with Crippen LogP contribution in [0.5, 0.6) is 0 Å². The lowest BCUT2D eigenvalue weighted by atomic mass is 10.2. The molecule has 2 aromatic rings. The van der Waals surface area contributed by atoms with E-state index >= 15 is 0 Å². The van der Waals surface area contributed by atoms with Crippen LogP contribution >= 0.6 is 16.1 Å². The van der Waals surface area contributed by atoms with E-state index in [4.69, 9.17) is 0 Å². The molecule has 1 aliphatic carbocycles. The molecule has 0 heterocycles. The fourth-order valence-corrected chi connectivity index (χ4v) is 7.19. The molecule has 0 aliphatic heterocycles. The molecular formula is C23H24OP2-2. The second-order valence-electron chi connectivity index (χ2n) is 7.39. The first-order chi connectivity index (χ1) is 12.4. The topological polar surface area (TPSA) is 23.1 Å². The third-order valence-corrected chi connectivity index (χ3v) is 9.16. The predicted octanol–water partition coefficient (Wildman–Crippen LogP) is 4.85. The molecular weight excluding hydrogens is 354 g/mol. The minimum Gasteiger partial charge on any atom is -0.835 e. The zero-order chi connectivity index (χ0) is 18.7. The van der Waals surface area contributed by atoms with Crippen molar-refractivity contribution in [2.24, 2.45) is 0 Å². The quantitative estimate of drug-likeness (QED) is 0.415. The summed E-state index contributed by atoms with van der Waals surface area (Å²) in [6, 6.07) is 21.3. The van der Waals surface area contributed by atoms with Crippen LogP contribution in [0.3, 0.4) is 0 Å². The zero-order valence-electron chi connectivity index (χ0n) is 15.7. The Morgan fingerprint density at radius 2 is 1.42 bits per heavy atom. The summed E-state index contributed by atoms with van der Waals surface area (Å²) in [7, 11) is -2.12. The lowest BCUT2D eigenvalue weighted by molar-refractivity contribution is -0.161. The van der Waals surface area contributed by atoms with E-state index in [-0.39, 0.29) is 10.8 Å². The molecule has 0 saturated carbocycles. The first kappa shape index (κ1) is 19.3. The fourth-order valence-electron chi connectivity index (χ4n) is 3.07. The Labute approximate surface area is 159 Å². The first-order valence-electron chi connectivity index (χ1n) is 8.85. The Morgan fingerprint density at radius 1 is 0.923 bits per heavy atom. The number of hydrogen-bond acceptors (Lipinski definition) is 1. The summed E-state index contributed by atoms with van der Waals surface area (Å²) in [6.45, 7) is 8.33. The average molecular weight is 378 g/mol. The van der Waals surface area contributed by atoms with E-state index < -0.39 is 16.1 Å². The highest BCUT2D eigenvalue weighted by Gasteiger charge is 2.23. The van der Waals surface area contributed by atoms with Crippen LogP contribution in [0.2, 0.25) is 0 Å². The molecule has 3 rings (SSSR count). The normalized spacial score (nSPS) is 16.4. The number of allylic oxidation sites excluding steroid dienone is 3. The highest BCUT2D eigenvalue weighted by molar-refractivity contribution is 7.73. The van der Waals surface area contributed by atoms with Crippen LogP contribution in [0.25, 0.3) is 0 Å². The monoisotopic (exact) mass is 378 g/mol. The van der Waals surface area contributed by atoms with Crippen molar-refractivity contribution in [3.63, 3.8) is 0 Å². The van der Waals surface area contributed by atoms with E-state index in [0.29, 0.717) is 0 Å². The molecule has 1 aliphatic rings. The molecule has 0 aromatic heterocycles. The molecule has 0 amide bonds. The molecule has 0 spiro atoms. The summed E-state index contributed by atoms with van der Waals surface area (Å²) in [5.41, 5.74) is 4.37. The molecule has 0 N–H and O–H groups in total. The highest BCUT2D eigenvalue weighted by Crippen LogP contribution is 2.54. The number of rotatable bonds is 5. The Hall–Kier alpha value is -1.48. The second kappa shape index (κ2) is 8.04. The van der Waals surface area contributed by atoms with Gasteiger partial charge in [-0.15, -0.1) is 6.08 Å². The van der Waals surface area contributed by atoms with Crippen molar-refractivity contribution in [2.75, 3.05) is 0 Å². The summed E-state index contributed by atoms with van der Waals surface area (Å²) >= 11 is 0. The van der Waals surface area contributed by atoms with Crippen LogP contribution < -0.4 is 15.5 Å². The van der Waals surface area contributed by atoms with Crippen LogP contribution in [0.15, 0.2) is 83.4 Å². The second-order valence-corrected chi connectivity index (χ2v) is 12.4. The summed E-state index contributed by atoms with van der Waals surface area (Å²) in [6.07, 6.45) is 5.16. The standard InChI is InChI=1S/C23H24OP2/c1-18(21-16-11-17-22(21)26(24)23(2,3)4)25(19-12-7-5-8-13-19)20-14-9-6-10-15-20/h5-10,12-15,17-18H,1-4H3/q-2/t18-,26?/m0/s1. The lowest BCUT2D eigenvalue weighted by Gasteiger charge is -2.45. The van der Waals surface area contributed by atoms with Crippen LogP contribution in [-0.4, -0.2) is 10.8 Å². The molecule has 3 heteroatoms. The highest BCUT2D eigenvalue weighted by atomic mass is 31.1. The van der Waals surface area contributed by atoms with Gasteiger partial charge in [0.25, 0.3) is 0 Å². The maximum Gasteiger partial charge on any atom is -0.0131 e. The van der Waals surface area contributed by atoms with Crippen LogP contribution in [0.1, 0.15) is 27.7 Å². The molecule has 26 heavy (non-hydrogen) atoms. The lowest BCUT2D eigenvalue weighted by Crippen LogP contribution is -2.24. The van der Waals surface area contributed by atoms with Gasteiger partial charge in [0.2, 0.25) is 0 Å². The van der Waals surface area contributed by atoms with Gasteiger partial charge in [-0.1, -0.05) is 88.4 Å². The molecule has 0 saturated heterocycles. The van der Waals surface area contributed by atoms with Gasteiger partial charge in [0.15, 0.2) is 0 Å². The summed E-state index contributed by atoms with van der Waals surface area (Å²) in [5, 5.41) is 3.31. The van der Waals surface area contributed by atoms with E-state index in [1.807, 2.05) is 26.8 Å². The first-order valence-corrected chi connectivity index (χ1v) is 11.5. The van der Waals surface area contributed by atoms with Crippen LogP contribution in [0, 0.1) is 6.08 Å². The minimum atomic E-state index is -1.50. The van der Waals surface area contributed by atoms with Crippen molar-refractivity contribution >= 4 is 26.7 Å². The van der Waals surface area contributed by atoms with Gasteiger partial charge >= 0.3 is 0 Å². The van der Waals surface area contributed by atoms with Gasteiger partial charge in [0.05, 0.1) is 0 Å². The third-order valence-electron chi connectivity index (χ3n) is 4.39. The number of hydrogen-bond donors (Lipinski definition) is 0. The zero-order valence-corrected chi connectivity index (χ0v) is 17.5. The van der Waals surface area contributed by atoms with Crippen molar-refractivity contribution in [1.82, 2.24) is 0 Å². The van der Waals surface area contributed by atoms with E-state index in [2.05, 4.69) is 79.4 Å². The van der Waals surface area contributed by atoms with Crippen molar-refractivity contribution in [3.05, 3.63) is 89.4 Å². The summed E-state index contributed by atoms with van der Waals surface area (Å²) < 4.78 is 0. The fraction of sp³-hybridized carbons (Fsp3) is 0.261. The summed E-state index contributed by atoms with van der Waals surface area (Å²) in [4.78, 5) is 13.1. The summed E-state index contributed by atoms with van der Waals surface area (Å²) in [5.74, 6) is 0. The van der Waals surface area contributed by atoms with Gasteiger partial charge in [-0.3, -0.25) is 5.73 Å². The Balaban J connectivity index is 2.06. The SMILES string of the molecule is C[C@@H](C1=C(P([O-])C(C)(C)C)C=C=[C-]1)P(c1ccccc1)c1ccccc1. The van der Waals surface area contributed by atoms with Gasteiger partial charge in [-0.05, 0) is 29.3 Å². The van der Waals surface area contributed by atoms with E-state index in [9.17, 15) is 4.89 Å². The minimum absolute atomic E-state index is 0.220. The third kappa shape index (κ3) is 4.09. The van der Waals surface area contributed by atoms with Crippen molar-refractivity contribution in [2.45, 2.75) is 38.5 Å². The molecule has 0 fully saturated rings. The molecule has 0 bridgehead atoms. The Morgan fingerprint density at radius 3 is 1.88 bits per heavy atom. The van der Waals surface area contributed by atoms with E-state index in [0.717, 1.165) is 10.9 Å². The molecule has 2 aromatic carbocycles. The Bertz CT molecular complexity index is 801. The Kier molecular flexibility index (Phi) is 5.96. The maximum atomic E-state index is 13.1.